The number of cyclic esters (lactones) is 1. The summed E-state index contributed by atoms with van der Waals surface area (Å²) in [5, 5.41) is 13.9. The average Bonchev–Trinajstić information content (AvgIpc) is 2.32. The molecule has 1 heterocycles. The number of rotatable bonds is 0. The first-order valence-corrected chi connectivity index (χ1v) is 5.85. The first-order chi connectivity index (χ1) is 8.13. The van der Waals surface area contributed by atoms with E-state index in [0.717, 1.165) is 12.8 Å². The van der Waals surface area contributed by atoms with Crippen LogP contribution in [0.25, 0.3) is 0 Å². The first-order valence-electron chi connectivity index (χ1n) is 5.85. The summed E-state index contributed by atoms with van der Waals surface area (Å²) in [5.41, 5.74) is 0. The summed E-state index contributed by atoms with van der Waals surface area (Å²) in [7, 11) is 0. The van der Waals surface area contributed by atoms with Gasteiger partial charge in [0, 0.05) is 6.42 Å². The van der Waals surface area contributed by atoms with Crippen molar-refractivity contribution in [1.82, 2.24) is 0 Å². The largest absolute Gasteiger partial charge is 0.503 e. The summed E-state index contributed by atoms with van der Waals surface area (Å²) >= 11 is 0. The van der Waals surface area contributed by atoms with Crippen LogP contribution in [0.2, 0.25) is 0 Å². The highest BCUT2D eigenvalue weighted by molar-refractivity contribution is 5.69. The van der Waals surface area contributed by atoms with Gasteiger partial charge < -0.3 is 14.9 Å². The van der Waals surface area contributed by atoms with Crippen molar-refractivity contribution >= 4 is 12.1 Å². The van der Waals surface area contributed by atoms with Gasteiger partial charge in [0.1, 0.15) is 0 Å². The van der Waals surface area contributed by atoms with E-state index < -0.39 is 6.16 Å². The lowest BCUT2D eigenvalue weighted by Crippen LogP contribution is -2.10. The minimum absolute atomic E-state index is 0.0359. The molecule has 5 heteroatoms. The Kier molecular flexibility index (Phi) is 10.00. The third-order valence-corrected chi connectivity index (χ3v) is 2.20. The fourth-order valence-electron chi connectivity index (χ4n) is 1.39. The molecule has 0 radical (unpaired) electrons. The van der Waals surface area contributed by atoms with E-state index in [1.165, 1.54) is 25.7 Å². The van der Waals surface area contributed by atoms with Crippen LogP contribution in [0.1, 0.15) is 44.9 Å². The second-order valence-corrected chi connectivity index (χ2v) is 3.72. The molecular weight excluding hydrogens is 224 g/mol. The predicted octanol–water partition coefficient (Wildman–Crippen LogP) is 3.05. The SMILES string of the molecule is C1=CCCCC1.O=C(O)O.O=C1CCCCO1. The molecule has 0 spiro atoms. The van der Waals surface area contributed by atoms with Crippen LogP contribution in [0.4, 0.5) is 4.79 Å². The summed E-state index contributed by atoms with van der Waals surface area (Å²) in [4.78, 5) is 18.8. The minimum Gasteiger partial charge on any atom is -0.466 e. The molecule has 2 aliphatic rings. The highest BCUT2D eigenvalue weighted by Crippen LogP contribution is 2.07. The molecule has 1 aliphatic carbocycles. The number of allylic oxidation sites excluding steroid dienone is 2. The van der Waals surface area contributed by atoms with Gasteiger partial charge in [0.05, 0.1) is 6.61 Å². The zero-order valence-corrected chi connectivity index (χ0v) is 9.93. The molecule has 1 aliphatic heterocycles. The van der Waals surface area contributed by atoms with Crippen molar-refractivity contribution in [3.05, 3.63) is 12.2 Å². The molecule has 0 atom stereocenters. The maximum absolute atomic E-state index is 10.2. The fourth-order valence-corrected chi connectivity index (χ4v) is 1.39. The highest BCUT2D eigenvalue weighted by atomic mass is 16.6. The van der Waals surface area contributed by atoms with Crippen molar-refractivity contribution in [1.29, 1.82) is 0 Å². The standard InChI is InChI=1S/C6H10.C5H8O2.CH2O3/c1-2-4-6-5-3-1;6-5-3-1-2-4-7-5;2-1(3)4/h1-2H,3-6H2;1-4H2;(H2,2,3,4). The van der Waals surface area contributed by atoms with E-state index in [9.17, 15) is 4.79 Å². The van der Waals surface area contributed by atoms with Crippen molar-refractivity contribution in [2.45, 2.75) is 44.9 Å². The molecule has 0 aromatic rings. The van der Waals surface area contributed by atoms with Crippen molar-refractivity contribution < 1.29 is 24.5 Å². The second kappa shape index (κ2) is 11.0. The number of hydrogen-bond acceptors (Lipinski definition) is 3. The molecule has 0 aromatic heterocycles. The van der Waals surface area contributed by atoms with Gasteiger partial charge in [0.25, 0.3) is 0 Å². The van der Waals surface area contributed by atoms with Crippen molar-refractivity contribution in [3.8, 4) is 0 Å². The molecule has 1 fully saturated rings. The van der Waals surface area contributed by atoms with Crippen LogP contribution in [0.3, 0.4) is 0 Å². The van der Waals surface area contributed by atoms with Crippen LogP contribution in [-0.4, -0.2) is 28.9 Å². The van der Waals surface area contributed by atoms with E-state index in [-0.39, 0.29) is 5.97 Å². The number of hydrogen-bond donors (Lipinski definition) is 2. The zero-order chi connectivity index (χ0) is 12.9. The van der Waals surface area contributed by atoms with E-state index in [0.29, 0.717) is 13.0 Å². The van der Waals surface area contributed by atoms with Crippen molar-refractivity contribution in [2.75, 3.05) is 6.61 Å². The van der Waals surface area contributed by atoms with Crippen LogP contribution < -0.4 is 0 Å². The molecule has 2 N–H and O–H groups in total. The monoisotopic (exact) mass is 244 g/mol. The molecule has 0 aromatic carbocycles. The third kappa shape index (κ3) is 14.5. The Bertz CT molecular complexity index is 227. The minimum atomic E-state index is -1.83. The molecule has 17 heavy (non-hydrogen) atoms. The first kappa shape index (κ1) is 15.5. The Morgan fingerprint density at radius 3 is 1.76 bits per heavy atom. The van der Waals surface area contributed by atoms with Gasteiger partial charge >= 0.3 is 12.1 Å². The molecule has 2 rings (SSSR count). The lowest BCUT2D eigenvalue weighted by Gasteiger charge is -2.08. The maximum Gasteiger partial charge on any atom is 0.503 e. The predicted molar refractivity (Wildman–Crippen MR) is 63.1 cm³/mol. The highest BCUT2D eigenvalue weighted by Gasteiger charge is 2.06. The molecule has 5 nitrogen and oxygen atoms in total. The normalized spacial score (nSPS) is 17.8. The summed E-state index contributed by atoms with van der Waals surface area (Å²) in [6.07, 6.45) is 10.9. The van der Waals surface area contributed by atoms with Crippen LogP contribution in [-0.2, 0) is 9.53 Å². The van der Waals surface area contributed by atoms with Gasteiger partial charge in [-0.05, 0) is 38.5 Å². The van der Waals surface area contributed by atoms with Crippen LogP contribution in [0, 0.1) is 0 Å². The maximum atomic E-state index is 10.2. The van der Waals surface area contributed by atoms with Crippen molar-refractivity contribution in [2.24, 2.45) is 0 Å². The summed E-state index contributed by atoms with van der Waals surface area (Å²) in [5.74, 6) is -0.0359. The lowest BCUT2D eigenvalue weighted by atomic mass is 10.1. The zero-order valence-electron chi connectivity index (χ0n) is 9.93. The van der Waals surface area contributed by atoms with Gasteiger partial charge in [-0.25, -0.2) is 4.79 Å². The van der Waals surface area contributed by atoms with Gasteiger partial charge in [-0.3, -0.25) is 4.79 Å². The molecule has 0 bridgehead atoms. The van der Waals surface area contributed by atoms with Crippen LogP contribution in [0.15, 0.2) is 12.2 Å². The average molecular weight is 244 g/mol. The number of carboxylic acid groups (broad SMARTS) is 2. The fraction of sp³-hybridized carbons (Fsp3) is 0.667. The number of carbonyl (C=O) groups is 2. The van der Waals surface area contributed by atoms with E-state index in [4.69, 9.17) is 15.0 Å². The van der Waals surface area contributed by atoms with Gasteiger partial charge in [-0.2, -0.15) is 0 Å². The Hall–Kier alpha value is -1.52. The molecule has 0 unspecified atom stereocenters. The molecule has 98 valence electrons. The Morgan fingerprint density at radius 2 is 1.59 bits per heavy atom. The van der Waals surface area contributed by atoms with Gasteiger partial charge in [-0.1, -0.05) is 12.2 Å². The van der Waals surface area contributed by atoms with E-state index in [1.54, 1.807) is 0 Å². The number of ether oxygens (including phenoxy) is 1. The van der Waals surface area contributed by atoms with E-state index in [1.807, 2.05) is 0 Å². The van der Waals surface area contributed by atoms with E-state index >= 15 is 0 Å². The van der Waals surface area contributed by atoms with Gasteiger partial charge in [0.15, 0.2) is 0 Å². The topological polar surface area (TPSA) is 83.8 Å². The summed E-state index contributed by atoms with van der Waals surface area (Å²) in [6, 6.07) is 0. The Labute approximate surface area is 101 Å². The lowest BCUT2D eigenvalue weighted by molar-refractivity contribution is -0.146. The molecule has 0 amide bonds. The number of carbonyl (C=O) groups excluding carboxylic acids is 1. The number of esters is 1. The van der Waals surface area contributed by atoms with Crippen LogP contribution in [0.5, 0.6) is 0 Å². The molecule has 1 saturated heterocycles. The molecular formula is C12H20O5. The quantitative estimate of drug-likeness (QED) is 0.505. The second-order valence-electron chi connectivity index (χ2n) is 3.72. The molecule has 0 saturated carbocycles. The third-order valence-electron chi connectivity index (χ3n) is 2.20. The summed E-state index contributed by atoms with van der Waals surface area (Å²) in [6.45, 7) is 0.638. The smallest absolute Gasteiger partial charge is 0.466 e. The van der Waals surface area contributed by atoms with E-state index in [2.05, 4.69) is 16.9 Å². The van der Waals surface area contributed by atoms with Crippen molar-refractivity contribution in [3.63, 3.8) is 0 Å². The van der Waals surface area contributed by atoms with Gasteiger partial charge in [-0.15, -0.1) is 0 Å². The summed E-state index contributed by atoms with van der Waals surface area (Å²) < 4.78 is 4.64. The van der Waals surface area contributed by atoms with Gasteiger partial charge in [0.2, 0.25) is 0 Å². The van der Waals surface area contributed by atoms with Crippen LogP contribution >= 0.6 is 0 Å². The Morgan fingerprint density at radius 1 is 1.06 bits per heavy atom. The Balaban J connectivity index is 0.000000236.